The molecule has 2 saturated heterocycles. The van der Waals surface area contributed by atoms with E-state index in [1.807, 2.05) is 30.9 Å². The van der Waals surface area contributed by atoms with E-state index in [0.717, 1.165) is 43.3 Å². The number of benzene rings is 1. The van der Waals surface area contributed by atoms with Gasteiger partial charge in [-0.15, -0.1) is 0 Å². The van der Waals surface area contributed by atoms with Crippen molar-refractivity contribution in [3.8, 4) is 0 Å². The fraction of sp³-hybridized carbons (Fsp3) is 0.696. The van der Waals surface area contributed by atoms with Crippen LogP contribution in [-0.4, -0.2) is 73.7 Å². The van der Waals surface area contributed by atoms with E-state index in [0.29, 0.717) is 30.8 Å². The molecular weight excluding hydrogens is 398 g/mol. The molecule has 1 aromatic carbocycles. The third-order valence-electron chi connectivity index (χ3n) is 7.22. The third kappa shape index (κ3) is 4.43. The lowest BCUT2D eigenvalue weighted by molar-refractivity contribution is -0.138. The van der Waals surface area contributed by atoms with Gasteiger partial charge < -0.3 is 4.90 Å². The van der Waals surface area contributed by atoms with E-state index < -0.39 is 10.0 Å². The summed E-state index contributed by atoms with van der Waals surface area (Å²) in [4.78, 5) is 18.0. The molecule has 1 saturated carbocycles. The number of piperidine rings is 1. The fourth-order valence-corrected chi connectivity index (χ4v) is 7.08. The molecule has 6 nitrogen and oxygen atoms in total. The summed E-state index contributed by atoms with van der Waals surface area (Å²) in [6.45, 7) is 8.26. The molecule has 2 heterocycles. The third-order valence-corrected chi connectivity index (χ3v) is 9.28. The molecule has 1 amide bonds. The van der Waals surface area contributed by atoms with Gasteiger partial charge in [0.2, 0.25) is 15.9 Å². The Bertz CT molecular complexity index is 864. The molecule has 3 fully saturated rings. The van der Waals surface area contributed by atoms with E-state index >= 15 is 0 Å². The Balaban J connectivity index is 1.31. The predicted octanol–water partition coefficient (Wildman–Crippen LogP) is 2.79. The molecule has 30 heavy (non-hydrogen) atoms. The van der Waals surface area contributed by atoms with E-state index in [-0.39, 0.29) is 11.8 Å². The van der Waals surface area contributed by atoms with Gasteiger partial charge in [-0.25, -0.2) is 8.42 Å². The highest BCUT2D eigenvalue weighted by molar-refractivity contribution is 7.89. The van der Waals surface area contributed by atoms with Crippen molar-refractivity contribution in [3.63, 3.8) is 0 Å². The molecule has 7 heteroatoms. The van der Waals surface area contributed by atoms with Crippen LogP contribution in [0, 0.1) is 19.8 Å². The van der Waals surface area contributed by atoms with Gasteiger partial charge in [0, 0.05) is 51.2 Å². The van der Waals surface area contributed by atoms with Crippen LogP contribution in [-0.2, 0) is 14.8 Å². The number of hydrogen-bond donors (Lipinski definition) is 0. The highest BCUT2D eigenvalue weighted by Crippen LogP contribution is 2.28. The summed E-state index contributed by atoms with van der Waals surface area (Å²) in [5, 5.41) is 0. The second-order valence-corrected chi connectivity index (χ2v) is 11.2. The van der Waals surface area contributed by atoms with Crippen molar-refractivity contribution in [1.29, 1.82) is 0 Å². The average molecular weight is 434 g/mol. The monoisotopic (exact) mass is 433 g/mol. The molecule has 0 bridgehead atoms. The predicted molar refractivity (Wildman–Crippen MR) is 118 cm³/mol. The van der Waals surface area contributed by atoms with Gasteiger partial charge in [0.1, 0.15) is 0 Å². The maximum Gasteiger partial charge on any atom is 0.243 e. The molecule has 166 valence electrons. The topological polar surface area (TPSA) is 60.9 Å². The molecule has 3 aliphatic rings. The van der Waals surface area contributed by atoms with Crippen LogP contribution in [0.3, 0.4) is 0 Å². The normalized spacial score (nSPS) is 23.2. The number of amides is 1. The first-order valence-electron chi connectivity index (χ1n) is 11.5. The molecule has 0 spiro atoms. The minimum Gasteiger partial charge on any atom is -0.340 e. The Hall–Kier alpha value is -1.44. The molecule has 0 N–H and O–H groups in total. The summed E-state index contributed by atoms with van der Waals surface area (Å²) in [5.41, 5.74) is 1.84. The number of piperazine rings is 1. The largest absolute Gasteiger partial charge is 0.340 e. The molecule has 1 aliphatic carbocycles. The Morgan fingerprint density at radius 3 is 2.13 bits per heavy atom. The highest BCUT2D eigenvalue weighted by atomic mass is 32.2. The first-order valence-corrected chi connectivity index (χ1v) is 12.9. The highest BCUT2D eigenvalue weighted by Gasteiger charge is 2.36. The molecular formula is C23H35N3O3S. The first-order chi connectivity index (χ1) is 14.4. The summed E-state index contributed by atoms with van der Waals surface area (Å²) in [6.07, 6.45) is 6.53. The molecule has 0 aromatic heterocycles. The van der Waals surface area contributed by atoms with Gasteiger partial charge in [0.05, 0.1) is 4.90 Å². The van der Waals surface area contributed by atoms with Crippen molar-refractivity contribution in [2.45, 2.75) is 63.3 Å². The summed E-state index contributed by atoms with van der Waals surface area (Å²) in [5.74, 6) is 0.179. The zero-order valence-corrected chi connectivity index (χ0v) is 19.2. The number of nitrogens with zero attached hydrogens (tertiary/aromatic N) is 3. The number of carbonyl (C=O) groups is 1. The number of aryl methyl sites for hydroxylation is 2. The first kappa shape index (κ1) is 21.8. The SMILES string of the molecule is Cc1ccc(S(=O)(=O)N2CCC(C(=O)N3CCN(C4CCCC4)CC3)CC2)c(C)c1. The van der Waals surface area contributed by atoms with Crippen LogP contribution >= 0.6 is 0 Å². The van der Waals surface area contributed by atoms with Gasteiger partial charge in [-0.2, -0.15) is 4.31 Å². The van der Waals surface area contributed by atoms with Crippen molar-refractivity contribution in [2.75, 3.05) is 39.3 Å². The maximum atomic E-state index is 13.1. The fourth-order valence-electron chi connectivity index (χ4n) is 5.41. The van der Waals surface area contributed by atoms with Crippen molar-refractivity contribution in [3.05, 3.63) is 29.3 Å². The van der Waals surface area contributed by atoms with Crippen LogP contribution in [0.4, 0.5) is 0 Å². The number of carbonyl (C=O) groups excluding carboxylic acids is 1. The minimum atomic E-state index is -3.50. The average Bonchev–Trinajstić information content (AvgIpc) is 3.28. The molecule has 0 radical (unpaired) electrons. The van der Waals surface area contributed by atoms with Crippen molar-refractivity contribution in [2.24, 2.45) is 5.92 Å². The number of rotatable bonds is 4. The zero-order valence-electron chi connectivity index (χ0n) is 18.3. The van der Waals surface area contributed by atoms with Gasteiger partial charge in [-0.1, -0.05) is 30.5 Å². The summed E-state index contributed by atoms with van der Waals surface area (Å²) < 4.78 is 27.7. The van der Waals surface area contributed by atoms with Gasteiger partial charge in [0.15, 0.2) is 0 Å². The van der Waals surface area contributed by atoms with Crippen LogP contribution in [0.25, 0.3) is 0 Å². The van der Waals surface area contributed by atoms with Gasteiger partial charge >= 0.3 is 0 Å². The minimum absolute atomic E-state index is 0.0476. The number of sulfonamides is 1. The standard InChI is InChI=1S/C23H35N3O3S/c1-18-7-8-22(19(2)17-18)30(28,29)26-11-9-20(10-12-26)23(27)25-15-13-24(14-16-25)21-5-3-4-6-21/h7-8,17,20-21H,3-6,9-16H2,1-2H3. The summed E-state index contributed by atoms with van der Waals surface area (Å²) in [7, 11) is -3.50. The van der Waals surface area contributed by atoms with Crippen LogP contribution in [0.1, 0.15) is 49.7 Å². The van der Waals surface area contributed by atoms with E-state index in [2.05, 4.69) is 4.90 Å². The summed E-state index contributed by atoms with van der Waals surface area (Å²) in [6, 6.07) is 6.19. The quantitative estimate of drug-likeness (QED) is 0.733. The van der Waals surface area contributed by atoms with Crippen LogP contribution in [0.5, 0.6) is 0 Å². The lowest BCUT2D eigenvalue weighted by Crippen LogP contribution is -2.53. The van der Waals surface area contributed by atoms with E-state index in [4.69, 9.17) is 0 Å². The van der Waals surface area contributed by atoms with E-state index in [9.17, 15) is 13.2 Å². The lowest BCUT2D eigenvalue weighted by atomic mass is 9.96. The molecule has 0 atom stereocenters. The second-order valence-electron chi connectivity index (χ2n) is 9.25. The second kappa shape index (κ2) is 8.97. The zero-order chi connectivity index (χ0) is 21.3. The molecule has 2 aliphatic heterocycles. The van der Waals surface area contributed by atoms with Crippen LogP contribution in [0.15, 0.2) is 23.1 Å². The van der Waals surface area contributed by atoms with Crippen LogP contribution < -0.4 is 0 Å². The Kier molecular flexibility index (Phi) is 6.51. The van der Waals surface area contributed by atoms with E-state index in [1.165, 1.54) is 25.7 Å². The van der Waals surface area contributed by atoms with Crippen molar-refractivity contribution in [1.82, 2.24) is 14.1 Å². The lowest BCUT2D eigenvalue weighted by Gasteiger charge is -2.40. The Labute approximate surface area is 181 Å². The molecule has 4 rings (SSSR count). The number of hydrogen-bond acceptors (Lipinski definition) is 4. The van der Waals surface area contributed by atoms with E-state index in [1.54, 1.807) is 10.4 Å². The van der Waals surface area contributed by atoms with Crippen molar-refractivity contribution < 1.29 is 13.2 Å². The molecule has 0 unspecified atom stereocenters. The maximum absolute atomic E-state index is 13.1. The van der Waals surface area contributed by atoms with Gasteiger partial charge in [-0.05, 0) is 51.2 Å². The van der Waals surface area contributed by atoms with Crippen LogP contribution in [0.2, 0.25) is 0 Å². The van der Waals surface area contributed by atoms with Crippen molar-refractivity contribution >= 4 is 15.9 Å². The smallest absolute Gasteiger partial charge is 0.243 e. The summed E-state index contributed by atoms with van der Waals surface area (Å²) >= 11 is 0. The van der Waals surface area contributed by atoms with Gasteiger partial charge in [-0.3, -0.25) is 9.69 Å². The van der Waals surface area contributed by atoms with Gasteiger partial charge in [0.25, 0.3) is 0 Å². The molecule has 1 aromatic rings. The Morgan fingerprint density at radius 2 is 1.53 bits per heavy atom. The Morgan fingerprint density at radius 1 is 0.900 bits per heavy atom.